The van der Waals surface area contributed by atoms with Crippen molar-refractivity contribution in [3.63, 3.8) is 0 Å². The summed E-state index contributed by atoms with van der Waals surface area (Å²) in [6.45, 7) is 7.74. The highest BCUT2D eigenvalue weighted by Gasteiger charge is 2.37. The minimum atomic E-state index is -0.415. The van der Waals surface area contributed by atoms with E-state index >= 15 is 0 Å². The molecule has 3 heterocycles. The summed E-state index contributed by atoms with van der Waals surface area (Å²) >= 11 is 0. The van der Waals surface area contributed by atoms with Crippen molar-refractivity contribution in [1.82, 2.24) is 24.7 Å². The van der Waals surface area contributed by atoms with Crippen molar-refractivity contribution < 1.29 is 23.8 Å². The lowest BCUT2D eigenvalue weighted by Gasteiger charge is -2.31. The van der Waals surface area contributed by atoms with E-state index in [1.165, 1.54) is 5.01 Å². The van der Waals surface area contributed by atoms with Gasteiger partial charge in [0.25, 0.3) is 5.91 Å². The molecule has 3 amide bonds. The Morgan fingerprint density at radius 1 is 1.18 bits per heavy atom. The number of hydrazone groups is 1. The van der Waals surface area contributed by atoms with E-state index < -0.39 is 6.04 Å². The molecule has 1 aromatic carbocycles. The average Bonchev–Trinajstić information content (AvgIpc) is 3.57. The molecule has 11 nitrogen and oxygen atoms in total. The fourth-order valence-corrected chi connectivity index (χ4v) is 4.91. The van der Waals surface area contributed by atoms with E-state index in [1.54, 1.807) is 19.1 Å². The first-order valence-corrected chi connectivity index (χ1v) is 13.4. The van der Waals surface area contributed by atoms with Gasteiger partial charge in [-0.05, 0) is 44.2 Å². The molecule has 0 saturated carbocycles. The summed E-state index contributed by atoms with van der Waals surface area (Å²) in [5, 5.41) is 9.24. The topological polar surface area (TPSA) is 101 Å². The van der Waals surface area contributed by atoms with Crippen LogP contribution in [0, 0.1) is 0 Å². The molecule has 0 bridgehead atoms. The maximum absolute atomic E-state index is 13.9. The highest BCUT2D eigenvalue weighted by Crippen LogP contribution is 2.39. The molecule has 2 aliphatic rings. The SMILES string of the molecule is COc1ccc(OC)c([C@@H]2CC(c3cccn3C)=NN2C(=O)CN(CCN2CCOCC2)C(=O)NC(C)C)c1. The van der Waals surface area contributed by atoms with Crippen LogP contribution in [0.2, 0.25) is 0 Å². The monoisotopic (exact) mass is 540 g/mol. The van der Waals surface area contributed by atoms with Gasteiger partial charge in [0.2, 0.25) is 0 Å². The van der Waals surface area contributed by atoms with Gasteiger partial charge in [0.15, 0.2) is 0 Å². The number of hydrogen-bond acceptors (Lipinski definition) is 7. The number of ether oxygens (including phenoxy) is 3. The normalized spacial score (nSPS) is 17.7. The second kappa shape index (κ2) is 13.0. The maximum Gasteiger partial charge on any atom is 0.318 e. The van der Waals surface area contributed by atoms with E-state index in [0.29, 0.717) is 44.2 Å². The van der Waals surface area contributed by atoms with E-state index in [1.807, 2.05) is 62.0 Å². The number of nitrogens with zero attached hydrogens (tertiary/aromatic N) is 5. The number of aryl methyl sites for hydroxylation is 1. The summed E-state index contributed by atoms with van der Waals surface area (Å²) in [5.41, 5.74) is 2.51. The van der Waals surface area contributed by atoms with Crippen molar-refractivity contribution in [2.75, 3.05) is 60.2 Å². The molecule has 0 aliphatic carbocycles. The van der Waals surface area contributed by atoms with Crippen molar-refractivity contribution >= 4 is 17.6 Å². The molecule has 39 heavy (non-hydrogen) atoms. The zero-order chi connectivity index (χ0) is 27.9. The molecule has 2 aromatic rings. The number of urea groups is 1. The third-order valence-corrected chi connectivity index (χ3v) is 7.02. The maximum atomic E-state index is 13.9. The van der Waals surface area contributed by atoms with Crippen molar-refractivity contribution in [2.45, 2.75) is 32.4 Å². The fraction of sp³-hybridized carbons (Fsp3) is 0.536. The van der Waals surface area contributed by atoms with Gasteiger partial charge in [0.05, 0.1) is 44.9 Å². The summed E-state index contributed by atoms with van der Waals surface area (Å²) in [5.74, 6) is 1.03. The average molecular weight is 541 g/mol. The van der Waals surface area contributed by atoms with Crippen LogP contribution in [0.5, 0.6) is 11.5 Å². The zero-order valence-corrected chi connectivity index (χ0v) is 23.6. The van der Waals surface area contributed by atoms with Gasteiger partial charge in [-0.2, -0.15) is 5.10 Å². The number of aromatic nitrogens is 1. The van der Waals surface area contributed by atoms with Crippen LogP contribution in [-0.2, 0) is 16.6 Å². The van der Waals surface area contributed by atoms with E-state index in [2.05, 4.69) is 10.2 Å². The lowest BCUT2D eigenvalue weighted by atomic mass is 9.99. The van der Waals surface area contributed by atoms with Crippen molar-refractivity contribution in [3.05, 3.63) is 47.8 Å². The van der Waals surface area contributed by atoms with Crippen molar-refractivity contribution in [2.24, 2.45) is 12.1 Å². The summed E-state index contributed by atoms with van der Waals surface area (Å²) in [4.78, 5) is 30.9. The molecule has 0 radical (unpaired) electrons. The Balaban J connectivity index is 1.62. The number of amides is 3. The van der Waals surface area contributed by atoms with Crippen molar-refractivity contribution in [3.8, 4) is 11.5 Å². The molecule has 2 aliphatic heterocycles. The number of hydrogen-bond donors (Lipinski definition) is 1. The third kappa shape index (κ3) is 6.90. The molecule has 1 atom stereocenters. The molecular weight excluding hydrogens is 500 g/mol. The number of carbonyl (C=O) groups excluding carboxylic acids is 2. The largest absolute Gasteiger partial charge is 0.497 e. The smallest absolute Gasteiger partial charge is 0.318 e. The molecule has 1 aromatic heterocycles. The number of nitrogens with one attached hydrogen (secondary N) is 1. The molecule has 0 spiro atoms. The Kier molecular flexibility index (Phi) is 9.47. The predicted molar refractivity (Wildman–Crippen MR) is 148 cm³/mol. The van der Waals surface area contributed by atoms with Gasteiger partial charge >= 0.3 is 6.03 Å². The van der Waals surface area contributed by atoms with Gasteiger partial charge in [-0.1, -0.05) is 0 Å². The fourth-order valence-electron chi connectivity index (χ4n) is 4.91. The molecule has 4 rings (SSSR count). The number of rotatable bonds is 10. The minimum Gasteiger partial charge on any atom is -0.497 e. The van der Waals surface area contributed by atoms with Crippen LogP contribution < -0.4 is 14.8 Å². The number of methoxy groups -OCH3 is 2. The summed E-state index contributed by atoms with van der Waals surface area (Å²) < 4.78 is 18.6. The molecule has 0 unspecified atom stereocenters. The van der Waals surface area contributed by atoms with Crippen LogP contribution in [0.4, 0.5) is 4.79 Å². The highest BCUT2D eigenvalue weighted by molar-refractivity contribution is 6.02. The molecule has 1 saturated heterocycles. The Hall–Kier alpha value is -3.57. The van der Waals surface area contributed by atoms with Gasteiger partial charge in [0, 0.05) is 57.4 Å². The summed E-state index contributed by atoms with van der Waals surface area (Å²) in [7, 11) is 5.16. The quantitative estimate of drug-likeness (QED) is 0.497. The molecule has 1 fully saturated rings. The van der Waals surface area contributed by atoms with Crippen LogP contribution in [0.25, 0.3) is 0 Å². The lowest BCUT2D eigenvalue weighted by Crippen LogP contribution is -2.50. The van der Waals surface area contributed by atoms with E-state index in [9.17, 15) is 9.59 Å². The van der Waals surface area contributed by atoms with Crippen LogP contribution in [-0.4, -0.2) is 103 Å². The van der Waals surface area contributed by atoms with Crippen LogP contribution >= 0.6 is 0 Å². The first kappa shape index (κ1) is 28.4. The van der Waals surface area contributed by atoms with Crippen LogP contribution in [0.15, 0.2) is 41.6 Å². The minimum absolute atomic E-state index is 0.0546. The van der Waals surface area contributed by atoms with Gasteiger partial charge in [-0.25, -0.2) is 9.80 Å². The standard InChI is InChI=1S/C28H40N6O5/c1-20(2)29-28(36)33(12-11-32-13-15-39-16-14-32)19-27(35)34-25(18-23(30-34)24-7-6-10-31(24)3)22-17-21(37-4)8-9-26(22)38-5/h6-10,17,20,25H,11-16,18-19H2,1-5H3,(H,29,36)/t25-/m0/s1. The zero-order valence-electron chi connectivity index (χ0n) is 23.6. The Morgan fingerprint density at radius 2 is 1.95 bits per heavy atom. The van der Waals surface area contributed by atoms with E-state index in [0.717, 1.165) is 30.1 Å². The van der Waals surface area contributed by atoms with E-state index in [4.69, 9.17) is 19.3 Å². The number of benzene rings is 1. The number of carbonyl (C=O) groups is 2. The third-order valence-electron chi connectivity index (χ3n) is 7.02. The van der Waals surface area contributed by atoms with Gasteiger partial charge in [-0.15, -0.1) is 0 Å². The van der Waals surface area contributed by atoms with Gasteiger partial charge in [0.1, 0.15) is 18.0 Å². The Bertz CT molecular complexity index is 1170. The van der Waals surface area contributed by atoms with Crippen LogP contribution in [0.3, 0.4) is 0 Å². The van der Waals surface area contributed by atoms with Crippen LogP contribution in [0.1, 0.15) is 37.6 Å². The number of morpholine rings is 1. The Morgan fingerprint density at radius 3 is 2.59 bits per heavy atom. The molecule has 11 heteroatoms. The van der Waals surface area contributed by atoms with Gasteiger partial charge < -0.3 is 29.0 Å². The lowest BCUT2D eigenvalue weighted by molar-refractivity contribution is -0.133. The summed E-state index contributed by atoms with van der Waals surface area (Å²) in [6, 6.07) is 8.74. The first-order valence-electron chi connectivity index (χ1n) is 13.4. The molecule has 1 N–H and O–H groups in total. The van der Waals surface area contributed by atoms with E-state index in [-0.39, 0.29) is 24.5 Å². The summed E-state index contributed by atoms with van der Waals surface area (Å²) in [6.07, 6.45) is 2.45. The highest BCUT2D eigenvalue weighted by atomic mass is 16.5. The molecular formula is C28H40N6O5. The van der Waals surface area contributed by atoms with Crippen molar-refractivity contribution in [1.29, 1.82) is 0 Å². The first-order chi connectivity index (χ1) is 18.8. The molecule has 212 valence electrons. The van der Waals surface area contributed by atoms with Gasteiger partial charge in [-0.3, -0.25) is 9.69 Å². The second-order valence-electron chi connectivity index (χ2n) is 10.1. The predicted octanol–water partition coefficient (Wildman–Crippen LogP) is 2.47. The Labute approximate surface area is 230 Å². The second-order valence-corrected chi connectivity index (χ2v) is 10.1.